The van der Waals surface area contributed by atoms with Crippen LogP contribution in [0, 0.1) is 20.8 Å². The number of nitrogens with zero attached hydrogens (tertiary/aromatic N) is 1. The number of para-hydroxylation sites is 1. The second-order valence-electron chi connectivity index (χ2n) is 7.27. The number of carbonyl (C=O) groups is 1. The van der Waals surface area contributed by atoms with Gasteiger partial charge in [-0.05, 0) is 68.3 Å². The SMILES string of the molecule is Cc1nc2ccc(NC(=O)c3cc(S(=O)(=O)Nc4ccccc4C)ccc3C)cc2s1. The van der Waals surface area contributed by atoms with Crippen LogP contribution >= 0.6 is 11.3 Å². The molecule has 0 saturated heterocycles. The molecule has 4 rings (SSSR count). The van der Waals surface area contributed by atoms with E-state index >= 15 is 0 Å². The number of hydrogen-bond donors (Lipinski definition) is 2. The first-order chi connectivity index (χ1) is 14.7. The standard InChI is InChI=1S/C23H21N3O3S2/c1-14-8-10-18(31(28,29)26-20-7-5-4-6-15(20)2)13-19(14)23(27)25-17-9-11-21-22(12-17)30-16(3)24-21/h4-13,26H,1-3H3,(H,25,27). The zero-order valence-corrected chi connectivity index (χ0v) is 18.9. The number of rotatable bonds is 5. The number of aryl methyl sites for hydroxylation is 3. The molecule has 4 aromatic rings. The van der Waals surface area contributed by atoms with Crippen LogP contribution in [0.2, 0.25) is 0 Å². The molecule has 1 aromatic heterocycles. The summed E-state index contributed by atoms with van der Waals surface area (Å²) in [4.78, 5) is 17.4. The molecule has 0 radical (unpaired) electrons. The maximum Gasteiger partial charge on any atom is 0.261 e. The zero-order valence-electron chi connectivity index (χ0n) is 17.3. The van der Waals surface area contributed by atoms with Crippen LogP contribution in [-0.2, 0) is 10.0 Å². The van der Waals surface area contributed by atoms with Crippen molar-refractivity contribution in [1.82, 2.24) is 4.98 Å². The Labute approximate surface area is 185 Å². The molecule has 6 nitrogen and oxygen atoms in total. The van der Waals surface area contributed by atoms with Crippen molar-refractivity contribution in [3.63, 3.8) is 0 Å². The first-order valence-corrected chi connectivity index (χ1v) is 11.9. The molecule has 0 spiro atoms. The molecule has 31 heavy (non-hydrogen) atoms. The molecule has 0 aliphatic heterocycles. The summed E-state index contributed by atoms with van der Waals surface area (Å²) in [5, 5.41) is 3.81. The van der Waals surface area contributed by atoms with Gasteiger partial charge in [0.05, 0.1) is 25.8 Å². The summed E-state index contributed by atoms with van der Waals surface area (Å²) in [6.07, 6.45) is 0. The van der Waals surface area contributed by atoms with Gasteiger partial charge < -0.3 is 5.32 Å². The number of carbonyl (C=O) groups excluding carboxylic acids is 1. The van der Waals surface area contributed by atoms with Gasteiger partial charge in [-0.15, -0.1) is 11.3 Å². The van der Waals surface area contributed by atoms with Gasteiger partial charge in [0.2, 0.25) is 0 Å². The monoisotopic (exact) mass is 451 g/mol. The van der Waals surface area contributed by atoms with Gasteiger partial charge in [-0.2, -0.15) is 0 Å². The Morgan fingerprint density at radius 3 is 2.48 bits per heavy atom. The van der Waals surface area contributed by atoms with E-state index in [4.69, 9.17) is 0 Å². The number of amides is 1. The van der Waals surface area contributed by atoms with Gasteiger partial charge in [-0.1, -0.05) is 24.3 Å². The van der Waals surface area contributed by atoms with Gasteiger partial charge >= 0.3 is 0 Å². The minimum Gasteiger partial charge on any atom is -0.322 e. The van der Waals surface area contributed by atoms with E-state index < -0.39 is 10.0 Å². The summed E-state index contributed by atoms with van der Waals surface area (Å²) >= 11 is 1.55. The summed E-state index contributed by atoms with van der Waals surface area (Å²) < 4.78 is 29.4. The molecular formula is C23H21N3O3S2. The summed E-state index contributed by atoms with van der Waals surface area (Å²) in [5.41, 5.74) is 3.81. The quantitative estimate of drug-likeness (QED) is 0.432. The van der Waals surface area contributed by atoms with Gasteiger partial charge in [0.1, 0.15) is 0 Å². The lowest BCUT2D eigenvalue weighted by molar-refractivity contribution is 0.102. The van der Waals surface area contributed by atoms with Gasteiger partial charge in [0, 0.05) is 11.3 Å². The lowest BCUT2D eigenvalue weighted by Crippen LogP contribution is -2.17. The number of hydrogen-bond acceptors (Lipinski definition) is 5. The van der Waals surface area contributed by atoms with E-state index in [2.05, 4.69) is 15.0 Å². The second-order valence-corrected chi connectivity index (χ2v) is 10.2. The largest absolute Gasteiger partial charge is 0.322 e. The Kier molecular flexibility index (Phi) is 5.51. The van der Waals surface area contributed by atoms with Crippen LogP contribution in [0.3, 0.4) is 0 Å². The molecule has 0 unspecified atom stereocenters. The van der Waals surface area contributed by atoms with E-state index in [0.717, 1.165) is 20.8 Å². The Hall–Kier alpha value is -3.23. The summed E-state index contributed by atoms with van der Waals surface area (Å²) in [6.45, 7) is 5.53. The Morgan fingerprint density at radius 1 is 0.935 bits per heavy atom. The number of aromatic nitrogens is 1. The first kappa shape index (κ1) is 21.0. The fourth-order valence-electron chi connectivity index (χ4n) is 3.22. The van der Waals surface area contributed by atoms with E-state index in [9.17, 15) is 13.2 Å². The third kappa shape index (κ3) is 4.45. The van der Waals surface area contributed by atoms with Gasteiger partial charge in [0.25, 0.3) is 15.9 Å². The summed E-state index contributed by atoms with van der Waals surface area (Å²) in [5.74, 6) is -0.369. The average molecular weight is 452 g/mol. The highest BCUT2D eigenvalue weighted by atomic mass is 32.2. The molecule has 0 aliphatic rings. The molecular weight excluding hydrogens is 430 g/mol. The smallest absolute Gasteiger partial charge is 0.261 e. The van der Waals surface area contributed by atoms with Gasteiger partial charge in [0.15, 0.2) is 0 Å². The minimum absolute atomic E-state index is 0.0278. The second kappa shape index (κ2) is 8.13. The molecule has 2 N–H and O–H groups in total. The Balaban J connectivity index is 1.61. The maximum atomic E-state index is 12.9. The van der Waals surface area contributed by atoms with Crippen LogP contribution in [0.5, 0.6) is 0 Å². The van der Waals surface area contributed by atoms with Crippen molar-refractivity contribution in [1.29, 1.82) is 0 Å². The molecule has 0 saturated carbocycles. The van der Waals surface area contributed by atoms with E-state index in [1.807, 2.05) is 38.1 Å². The predicted molar refractivity (Wildman–Crippen MR) is 125 cm³/mol. The first-order valence-electron chi connectivity index (χ1n) is 9.60. The number of thiazole rings is 1. The molecule has 0 bridgehead atoms. The molecule has 3 aromatic carbocycles. The van der Waals surface area contributed by atoms with Crippen molar-refractivity contribution >= 4 is 48.9 Å². The number of fused-ring (bicyclic) bond motifs is 1. The van der Waals surface area contributed by atoms with Crippen molar-refractivity contribution in [3.8, 4) is 0 Å². The average Bonchev–Trinajstić information content (AvgIpc) is 3.09. The molecule has 158 valence electrons. The summed E-state index contributed by atoms with van der Waals surface area (Å²) in [7, 11) is -3.84. The Bertz CT molecular complexity index is 1410. The fraction of sp³-hybridized carbons (Fsp3) is 0.130. The highest BCUT2D eigenvalue weighted by molar-refractivity contribution is 7.92. The number of benzene rings is 3. The zero-order chi connectivity index (χ0) is 22.2. The minimum atomic E-state index is -3.84. The predicted octanol–water partition coefficient (Wildman–Crippen LogP) is 5.27. The van der Waals surface area contributed by atoms with E-state index in [-0.39, 0.29) is 10.8 Å². The van der Waals surface area contributed by atoms with Crippen molar-refractivity contribution < 1.29 is 13.2 Å². The van der Waals surface area contributed by atoms with E-state index in [0.29, 0.717) is 22.5 Å². The molecule has 0 aliphatic carbocycles. The molecule has 1 heterocycles. The van der Waals surface area contributed by atoms with Crippen LogP contribution in [0.1, 0.15) is 26.5 Å². The molecule has 0 fully saturated rings. The lowest BCUT2D eigenvalue weighted by Gasteiger charge is -2.13. The highest BCUT2D eigenvalue weighted by Gasteiger charge is 2.19. The fourth-order valence-corrected chi connectivity index (χ4v) is 5.24. The normalized spacial score (nSPS) is 11.5. The van der Waals surface area contributed by atoms with Crippen molar-refractivity contribution in [2.75, 3.05) is 10.0 Å². The third-order valence-electron chi connectivity index (χ3n) is 4.91. The van der Waals surface area contributed by atoms with Crippen molar-refractivity contribution in [3.05, 3.63) is 82.4 Å². The molecule has 0 atom stereocenters. The molecule has 1 amide bonds. The summed E-state index contributed by atoms with van der Waals surface area (Å²) in [6, 6.07) is 17.2. The van der Waals surface area contributed by atoms with E-state index in [1.165, 1.54) is 12.1 Å². The van der Waals surface area contributed by atoms with Gasteiger partial charge in [-0.25, -0.2) is 13.4 Å². The number of anilines is 2. The van der Waals surface area contributed by atoms with Gasteiger partial charge in [-0.3, -0.25) is 9.52 Å². The molecule has 8 heteroatoms. The van der Waals surface area contributed by atoms with Crippen LogP contribution < -0.4 is 10.0 Å². The highest BCUT2D eigenvalue weighted by Crippen LogP contribution is 2.26. The van der Waals surface area contributed by atoms with Crippen LogP contribution in [0.4, 0.5) is 11.4 Å². The number of sulfonamides is 1. The van der Waals surface area contributed by atoms with Crippen molar-refractivity contribution in [2.24, 2.45) is 0 Å². The van der Waals surface area contributed by atoms with Crippen LogP contribution in [0.25, 0.3) is 10.2 Å². The topological polar surface area (TPSA) is 88.2 Å². The maximum absolute atomic E-state index is 12.9. The van der Waals surface area contributed by atoms with Crippen LogP contribution in [-0.4, -0.2) is 19.3 Å². The van der Waals surface area contributed by atoms with Crippen molar-refractivity contribution in [2.45, 2.75) is 25.7 Å². The Morgan fingerprint density at radius 2 is 1.71 bits per heavy atom. The third-order valence-corrected chi connectivity index (χ3v) is 7.20. The van der Waals surface area contributed by atoms with E-state index in [1.54, 1.807) is 42.5 Å². The number of nitrogens with one attached hydrogen (secondary N) is 2. The lowest BCUT2D eigenvalue weighted by atomic mass is 10.1. The van der Waals surface area contributed by atoms with Crippen LogP contribution in [0.15, 0.2) is 65.6 Å².